The fourth-order valence-electron chi connectivity index (χ4n) is 2.83. The second kappa shape index (κ2) is 7.35. The number of aromatic amines is 1. The van der Waals surface area contributed by atoms with Crippen LogP contribution in [0.1, 0.15) is 19.6 Å². The number of H-pyrrole nitrogens is 1. The van der Waals surface area contributed by atoms with E-state index in [4.69, 9.17) is 31.3 Å². The fourth-order valence-corrected chi connectivity index (χ4v) is 4.22. The maximum Gasteiger partial charge on any atom is 0.530 e. The summed E-state index contributed by atoms with van der Waals surface area (Å²) in [6, 6.07) is 6.60. The molecular formula is C16H15ClFN2O8P. The van der Waals surface area contributed by atoms with Gasteiger partial charge in [0.1, 0.15) is 23.5 Å². The normalized spacial score (nSPS) is 34.3. The number of hydrogen-bond acceptors (Lipinski definition) is 8. The number of aromatic nitrogens is 2. The van der Waals surface area contributed by atoms with E-state index in [0.717, 1.165) is 6.20 Å². The molecule has 29 heavy (non-hydrogen) atoms. The van der Waals surface area contributed by atoms with Gasteiger partial charge in [-0.1, -0.05) is 29.8 Å². The van der Waals surface area contributed by atoms with Crippen LogP contribution in [0.2, 0.25) is 5.02 Å². The second-order valence-electron chi connectivity index (χ2n) is 6.34. The highest BCUT2D eigenvalue weighted by atomic mass is 35.5. The van der Waals surface area contributed by atoms with Crippen LogP contribution in [0, 0.1) is 0 Å². The molecule has 2 aromatic rings. The van der Waals surface area contributed by atoms with Gasteiger partial charge in [0.2, 0.25) is 5.85 Å². The molecule has 0 spiro atoms. The molecule has 0 aliphatic carbocycles. The van der Waals surface area contributed by atoms with E-state index in [0.29, 0.717) is 10.1 Å². The first kappa shape index (κ1) is 19.0. The highest BCUT2D eigenvalue weighted by molar-refractivity contribution is 7.49. The molecule has 0 amide bonds. The Kier molecular flexibility index (Phi) is 4.81. The van der Waals surface area contributed by atoms with Crippen LogP contribution in [-0.4, -0.2) is 33.2 Å². The number of phosphoric acid groups is 1. The number of nitrogens with zero attached hydrogens (tertiary/aromatic N) is 1. The van der Waals surface area contributed by atoms with Crippen molar-refractivity contribution in [2.24, 2.45) is 0 Å². The number of para-hydroxylation sites is 1. The highest BCUT2D eigenvalue weighted by Gasteiger charge is 2.50. The van der Waals surface area contributed by atoms with Crippen molar-refractivity contribution in [3.05, 3.63) is 61.9 Å². The monoisotopic (exact) mass is 449 g/mol. The van der Waals surface area contributed by atoms with Crippen molar-refractivity contribution in [3.8, 4) is 5.75 Å². The van der Waals surface area contributed by atoms with E-state index in [1.165, 1.54) is 6.07 Å². The van der Waals surface area contributed by atoms with E-state index in [1.54, 1.807) is 18.2 Å². The zero-order chi connectivity index (χ0) is 21.7. The zero-order valence-electron chi connectivity index (χ0n) is 15.5. The summed E-state index contributed by atoms with van der Waals surface area (Å²) in [5.74, 6) is -2.58. The number of hydrogen-bond donors (Lipinski definition) is 2. The summed E-state index contributed by atoms with van der Waals surface area (Å²) in [7, 11) is -4.20. The summed E-state index contributed by atoms with van der Waals surface area (Å²) in [6.45, 7) is -1.13. The van der Waals surface area contributed by atoms with Crippen LogP contribution in [0.4, 0.5) is 4.39 Å². The number of rotatable bonds is 4. The predicted octanol–water partition coefficient (Wildman–Crippen LogP) is 1.87. The molecule has 156 valence electrons. The fraction of sp³-hybridized carbons (Fsp3) is 0.375. The van der Waals surface area contributed by atoms with Crippen molar-refractivity contribution in [2.45, 2.75) is 31.2 Å². The average Bonchev–Trinajstić information content (AvgIpc) is 2.93. The largest absolute Gasteiger partial charge is 0.530 e. The average molecular weight is 450 g/mol. The molecule has 0 bridgehead atoms. The lowest BCUT2D eigenvalue weighted by atomic mass is 10.2. The predicted molar refractivity (Wildman–Crippen MR) is 96.3 cm³/mol. The summed E-state index contributed by atoms with van der Waals surface area (Å²) < 4.78 is 56.8. The standard InChI is InChI=1S/C16H15ClFN2O8P/c17-10-6-20(15(23)19-13(10)22)14-11(21)5-16(18,27-14)8-26-29(24)25-7-9-3-1-2-4-12(9)28-29/h1-4,6,11,14,21H,5,7-8H2,(H,19,22,23)/t11-,14-,16+,29?/m1/s1/i14D. The van der Waals surface area contributed by atoms with Gasteiger partial charge in [-0.25, -0.2) is 13.8 Å². The topological polar surface area (TPSA) is 129 Å². The van der Waals surface area contributed by atoms with Crippen molar-refractivity contribution < 1.29 is 33.7 Å². The third-order valence-corrected chi connectivity index (χ3v) is 5.79. The van der Waals surface area contributed by atoms with Gasteiger partial charge < -0.3 is 14.4 Å². The van der Waals surface area contributed by atoms with E-state index in [1.807, 2.05) is 4.98 Å². The van der Waals surface area contributed by atoms with Crippen molar-refractivity contribution in [2.75, 3.05) is 6.61 Å². The first-order valence-electron chi connectivity index (χ1n) is 8.79. The summed E-state index contributed by atoms with van der Waals surface area (Å²) in [5, 5.41) is 9.74. The first-order chi connectivity index (χ1) is 14.0. The third-order valence-electron chi connectivity index (χ3n) is 4.21. The quantitative estimate of drug-likeness (QED) is 0.677. The number of fused-ring (bicyclic) bond motifs is 1. The van der Waals surface area contributed by atoms with Gasteiger partial charge in [0.25, 0.3) is 5.56 Å². The number of alkyl halides is 1. The molecule has 0 radical (unpaired) electrons. The van der Waals surface area contributed by atoms with Crippen LogP contribution < -0.4 is 15.8 Å². The molecule has 1 aromatic heterocycles. The molecule has 2 aliphatic heterocycles. The zero-order valence-corrected chi connectivity index (χ0v) is 16.2. The SMILES string of the molecule is [2H][C@@]1(n2cc(Cl)c(=O)[nH]c2=O)O[C@](F)(COP2(=O)OCc3ccccc3O2)C[C@H]1O. The van der Waals surface area contributed by atoms with Crippen LogP contribution >= 0.6 is 19.4 Å². The Labute approximate surface area is 168 Å². The molecule has 3 heterocycles. The minimum absolute atomic E-state index is 0.0934. The Balaban J connectivity index is 1.53. The summed E-state index contributed by atoms with van der Waals surface area (Å²) in [5.41, 5.74) is -1.45. The van der Waals surface area contributed by atoms with E-state index < -0.39 is 55.3 Å². The van der Waals surface area contributed by atoms with Crippen LogP contribution in [0.3, 0.4) is 0 Å². The smallest absolute Gasteiger partial charge is 0.404 e. The molecule has 1 saturated heterocycles. The van der Waals surface area contributed by atoms with E-state index in [9.17, 15) is 19.3 Å². The molecule has 4 atom stereocenters. The molecule has 2 N–H and O–H groups in total. The van der Waals surface area contributed by atoms with E-state index in [2.05, 4.69) is 0 Å². The third kappa shape index (κ3) is 4.02. The van der Waals surface area contributed by atoms with Gasteiger partial charge in [0, 0.05) is 18.2 Å². The van der Waals surface area contributed by atoms with Crippen LogP contribution in [0.25, 0.3) is 0 Å². The van der Waals surface area contributed by atoms with Gasteiger partial charge in [0.05, 0.1) is 7.98 Å². The minimum Gasteiger partial charge on any atom is -0.404 e. The summed E-state index contributed by atoms with van der Waals surface area (Å²) in [4.78, 5) is 25.2. The Morgan fingerprint density at radius 2 is 2.24 bits per heavy atom. The Morgan fingerprint density at radius 1 is 1.48 bits per heavy atom. The van der Waals surface area contributed by atoms with Crippen LogP contribution in [-0.2, 0) is 25.0 Å². The molecule has 13 heteroatoms. The molecule has 1 aromatic carbocycles. The number of halogens is 2. The van der Waals surface area contributed by atoms with E-state index in [-0.39, 0.29) is 12.4 Å². The van der Waals surface area contributed by atoms with E-state index >= 15 is 4.39 Å². The summed E-state index contributed by atoms with van der Waals surface area (Å²) in [6.07, 6.45) is -4.59. The van der Waals surface area contributed by atoms with Gasteiger partial charge in [-0.2, -0.15) is 0 Å². The molecule has 4 rings (SSSR count). The molecule has 0 saturated carbocycles. The second-order valence-corrected chi connectivity index (χ2v) is 8.34. The number of phosphoric ester groups is 1. The number of ether oxygens (including phenoxy) is 1. The maximum atomic E-state index is 15.2. The Hall–Kier alpha value is -2.01. The Morgan fingerprint density at radius 3 is 3.03 bits per heavy atom. The van der Waals surface area contributed by atoms with Gasteiger partial charge in [-0.3, -0.25) is 23.4 Å². The molecule has 10 nitrogen and oxygen atoms in total. The maximum absolute atomic E-state index is 15.2. The molecular weight excluding hydrogens is 434 g/mol. The lowest BCUT2D eigenvalue weighted by Gasteiger charge is -2.27. The molecule has 1 fully saturated rings. The van der Waals surface area contributed by atoms with Crippen molar-refractivity contribution >= 4 is 19.4 Å². The van der Waals surface area contributed by atoms with Gasteiger partial charge in [-0.15, -0.1) is 0 Å². The van der Waals surface area contributed by atoms with Crippen LogP contribution in [0.15, 0.2) is 40.1 Å². The Bertz CT molecular complexity index is 1160. The molecule has 1 unspecified atom stereocenters. The number of benzene rings is 1. The number of nitrogens with one attached hydrogen (secondary N) is 1. The van der Waals surface area contributed by atoms with Crippen molar-refractivity contribution in [1.29, 1.82) is 0 Å². The van der Waals surface area contributed by atoms with Crippen LogP contribution in [0.5, 0.6) is 5.75 Å². The van der Waals surface area contributed by atoms with Gasteiger partial charge in [0.15, 0.2) is 6.20 Å². The molecule has 2 aliphatic rings. The van der Waals surface area contributed by atoms with Crippen molar-refractivity contribution in [3.63, 3.8) is 0 Å². The number of aliphatic hydroxyl groups excluding tert-OH is 1. The minimum atomic E-state index is -4.20. The number of aliphatic hydroxyl groups is 1. The lowest BCUT2D eigenvalue weighted by Crippen LogP contribution is -2.36. The van der Waals surface area contributed by atoms with Gasteiger partial charge in [-0.05, 0) is 6.07 Å². The first-order valence-corrected chi connectivity index (χ1v) is 10.1. The summed E-state index contributed by atoms with van der Waals surface area (Å²) >= 11 is 5.65. The lowest BCUT2D eigenvalue weighted by molar-refractivity contribution is -0.179. The highest BCUT2D eigenvalue weighted by Crippen LogP contribution is 2.55. The van der Waals surface area contributed by atoms with Gasteiger partial charge >= 0.3 is 13.5 Å². The van der Waals surface area contributed by atoms with Crippen molar-refractivity contribution in [1.82, 2.24) is 9.55 Å².